The Hall–Kier alpha value is -0.870. The lowest BCUT2D eigenvalue weighted by Crippen LogP contribution is -2.11. The van der Waals surface area contributed by atoms with Gasteiger partial charge in [-0.15, -0.1) is 0 Å². The molecule has 0 spiro atoms. The van der Waals surface area contributed by atoms with Crippen LogP contribution in [0.2, 0.25) is 0 Å². The van der Waals surface area contributed by atoms with Gasteiger partial charge in [0.25, 0.3) is 0 Å². The summed E-state index contributed by atoms with van der Waals surface area (Å²) < 4.78 is 1.83. The van der Waals surface area contributed by atoms with E-state index in [-0.39, 0.29) is 12.6 Å². The van der Waals surface area contributed by atoms with E-state index in [0.29, 0.717) is 5.69 Å². The molecule has 68 valence electrons. The van der Waals surface area contributed by atoms with E-state index in [1.165, 1.54) is 0 Å². The van der Waals surface area contributed by atoms with Crippen molar-refractivity contribution in [3.8, 4) is 0 Å². The zero-order valence-corrected chi connectivity index (χ0v) is 7.31. The van der Waals surface area contributed by atoms with Crippen LogP contribution in [0.15, 0.2) is 12.5 Å². The maximum Gasteiger partial charge on any atom is 0.119 e. The fourth-order valence-corrected chi connectivity index (χ4v) is 1.10. The van der Waals surface area contributed by atoms with Crippen LogP contribution >= 0.6 is 0 Å². The minimum absolute atomic E-state index is 0.253. The van der Waals surface area contributed by atoms with Crippen molar-refractivity contribution in [1.82, 2.24) is 9.55 Å². The second-order valence-electron chi connectivity index (χ2n) is 3.02. The van der Waals surface area contributed by atoms with E-state index in [2.05, 4.69) is 4.98 Å². The van der Waals surface area contributed by atoms with Crippen molar-refractivity contribution in [1.29, 1.82) is 0 Å². The topological polar surface area (TPSA) is 58.3 Å². The molecule has 0 bridgehead atoms. The maximum atomic E-state index is 9.34. The highest BCUT2D eigenvalue weighted by Gasteiger charge is 2.12. The number of imidazole rings is 1. The molecule has 2 N–H and O–H groups in total. The van der Waals surface area contributed by atoms with E-state index in [1.807, 2.05) is 18.4 Å². The number of aliphatic hydroxyl groups excluding tert-OH is 2. The number of aromatic nitrogens is 2. The zero-order valence-electron chi connectivity index (χ0n) is 7.31. The summed E-state index contributed by atoms with van der Waals surface area (Å²) in [6, 6.07) is 0.253. The predicted octanol–water partition coefficient (Wildman–Crippen LogP) is 0.490. The van der Waals surface area contributed by atoms with E-state index in [4.69, 9.17) is 5.11 Å². The summed E-state index contributed by atoms with van der Waals surface area (Å²) in [6.45, 7) is 3.73. The van der Waals surface area contributed by atoms with Gasteiger partial charge in [0.05, 0.1) is 24.8 Å². The van der Waals surface area contributed by atoms with Crippen LogP contribution in [0.1, 0.15) is 31.7 Å². The van der Waals surface area contributed by atoms with Crippen LogP contribution in [0.3, 0.4) is 0 Å². The number of rotatable bonds is 3. The fourth-order valence-electron chi connectivity index (χ4n) is 1.10. The first-order chi connectivity index (χ1) is 5.66. The van der Waals surface area contributed by atoms with Gasteiger partial charge in [0.15, 0.2) is 0 Å². The average Bonchev–Trinajstić information content (AvgIpc) is 2.50. The SMILES string of the molecule is CC(C)n1cncc1C(O)CO. The third-order valence-corrected chi connectivity index (χ3v) is 1.77. The van der Waals surface area contributed by atoms with Gasteiger partial charge in [0.1, 0.15) is 6.10 Å². The van der Waals surface area contributed by atoms with Crippen molar-refractivity contribution in [3.63, 3.8) is 0 Å². The largest absolute Gasteiger partial charge is 0.393 e. The summed E-state index contributed by atoms with van der Waals surface area (Å²) in [5.41, 5.74) is 0.660. The zero-order chi connectivity index (χ0) is 9.14. The Kier molecular flexibility index (Phi) is 2.83. The van der Waals surface area contributed by atoms with Gasteiger partial charge >= 0.3 is 0 Å². The van der Waals surface area contributed by atoms with Gasteiger partial charge in [0, 0.05) is 6.04 Å². The Morgan fingerprint density at radius 2 is 2.25 bits per heavy atom. The molecule has 0 aliphatic carbocycles. The normalized spacial score (nSPS) is 13.8. The lowest BCUT2D eigenvalue weighted by atomic mass is 10.2. The Labute approximate surface area is 71.5 Å². The minimum Gasteiger partial charge on any atom is -0.393 e. The molecule has 0 fully saturated rings. The molecule has 0 aliphatic heterocycles. The van der Waals surface area contributed by atoms with E-state index in [0.717, 1.165) is 0 Å². The van der Waals surface area contributed by atoms with E-state index < -0.39 is 6.10 Å². The molecule has 12 heavy (non-hydrogen) atoms. The van der Waals surface area contributed by atoms with Crippen LogP contribution in [0.4, 0.5) is 0 Å². The fraction of sp³-hybridized carbons (Fsp3) is 0.625. The van der Waals surface area contributed by atoms with Crippen molar-refractivity contribution >= 4 is 0 Å². The third-order valence-electron chi connectivity index (χ3n) is 1.77. The Balaban J connectivity index is 2.91. The molecular formula is C8H14N2O2. The smallest absolute Gasteiger partial charge is 0.119 e. The minimum atomic E-state index is -0.824. The van der Waals surface area contributed by atoms with Gasteiger partial charge in [-0.3, -0.25) is 0 Å². The van der Waals surface area contributed by atoms with E-state index in [1.54, 1.807) is 12.5 Å². The Bertz CT molecular complexity index is 245. The van der Waals surface area contributed by atoms with Crippen LogP contribution in [0, 0.1) is 0 Å². The van der Waals surface area contributed by atoms with Gasteiger partial charge in [-0.2, -0.15) is 0 Å². The molecule has 0 aliphatic rings. The number of nitrogens with zero attached hydrogens (tertiary/aromatic N) is 2. The molecule has 0 aromatic carbocycles. The van der Waals surface area contributed by atoms with Crippen LogP contribution in [0.25, 0.3) is 0 Å². The molecule has 0 radical (unpaired) electrons. The first-order valence-corrected chi connectivity index (χ1v) is 3.97. The predicted molar refractivity (Wildman–Crippen MR) is 44.7 cm³/mol. The highest BCUT2D eigenvalue weighted by atomic mass is 16.3. The number of aliphatic hydroxyl groups is 2. The van der Waals surface area contributed by atoms with Crippen molar-refractivity contribution in [3.05, 3.63) is 18.2 Å². The van der Waals surface area contributed by atoms with Crippen molar-refractivity contribution in [2.45, 2.75) is 26.0 Å². The monoisotopic (exact) mass is 170 g/mol. The number of hydrogen-bond acceptors (Lipinski definition) is 3. The second kappa shape index (κ2) is 3.69. The average molecular weight is 170 g/mol. The molecule has 0 saturated carbocycles. The molecule has 4 heteroatoms. The number of hydrogen-bond donors (Lipinski definition) is 2. The second-order valence-corrected chi connectivity index (χ2v) is 3.02. The lowest BCUT2D eigenvalue weighted by molar-refractivity contribution is 0.0883. The molecule has 1 aromatic heterocycles. The Morgan fingerprint density at radius 1 is 1.58 bits per heavy atom. The molecule has 1 unspecified atom stereocenters. The highest BCUT2D eigenvalue weighted by Crippen LogP contribution is 2.15. The van der Waals surface area contributed by atoms with Gasteiger partial charge in [-0.25, -0.2) is 4.98 Å². The first kappa shape index (κ1) is 9.22. The first-order valence-electron chi connectivity index (χ1n) is 3.97. The molecule has 1 aromatic rings. The summed E-state index contributed by atoms with van der Waals surface area (Å²) in [5, 5.41) is 18.1. The van der Waals surface area contributed by atoms with Crippen molar-refractivity contribution < 1.29 is 10.2 Å². The molecular weight excluding hydrogens is 156 g/mol. The van der Waals surface area contributed by atoms with E-state index >= 15 is 0 Å². The van der Waals surface area contributed by atoms with Gasteiger partial charge in [0.2, 0.25) is 0 Å². The summed E-state index contributed by atoms with van der Waals surface area (Å²) in [7, 11) is 0. The Morgan fingerprint density at radius 3 is 2.75 bits per heavy atom. The molecule has 1 heterocycles. The molecule has 1 atom stereocenters. The summed E-state index contributed by atoms with van der Waals surface area (Å²) in [4.78, 5) is 3.90. The van der Waals surface area contributed by atoms with E-state index in [9.17, 15) is 5.11 Å². The van der Waals surface area contributed by atoms with Crippen LogP contribution in [-0.4, -0.2) is 26.4 Å². The van der Waals surface area contributed by atoms with Gasteiger partial charge in [-0.1, -0.05) is 0 Å². The summed E-state index contributed by atoms with van der Waals surface area (Å²) in [5.74, 6) is 0. The van der Waals surface area contributed by atoms with Crippen LogP contribution in [-0.2, 0) is 0 Å². The molecule has 4 nitrogen and oxygen atoms in total. The molecule has 0 amide bonds. The third kappa shape index (κ3) is 1.65. The highest BCUT2D eigenvalue weighted by molar-refractivity contribution is 5.03. The quantitative estimate of drug-likeness (QED) is 0.694. The van der Waals surface area contributed by atoms with Crippen molar-refractivity contribution in [2.75, 3.05) is 6.61 Å². The van der Waals surface area contributed by atoms with Crippen LogP contribution < -0.4 is 0 Å². The van der Waals surface area contributed by atoms with Crippen molar-refractivity contribution in [2.24, 2.45) is 0 Å². The van der Waals surface area contributed by atoms with Crippen LogP contribution in [0.5, 0.6) is 0 Å². The molecule has 0 saturated heterocycles. The lowest BCUT2D eigenvalue weighted by Gasteiger charge is -2.14. The summed E-state index contributed by atoms with van der Waals surface area (Å²) >= 11 is 0. The summed E-state index contributed by atoms with van der Waals surface area (Å²) in [6.07, 6.45) is 2.40. The van der Waals surface area contributed by atoms with Gasteiger partial charge in [-0.05, 0) is 13.8 Å². The molecule has 1 rings (SSSR count). The van der Waals surface area contributed by atoms with Gasteiger partial charge < -0.3 is 14.8 Å². The standard InChI is InChI=1S/C8H14N2O2/c1-6(2)10-5-9-3-7(10)8(12)4-11/h3,5-6,8,11-12H,4H2,1-2H3. The maximum absolute atomic E-state index is 9.34.